The van der Waals surface area contributed by atoms with Gasteiger partial charge in [0.25, 0.3) is 5.91 Å². The highest BCUT2D eigenvalue weighted by Gasteiger charge is 2.34. The topological polar surface area (TPSA) is 126 Å². The molecule has 2 amide bonds. The number of tetrazole rings is 1. The summed E-state index contributed by atoms with van der Waals surface area (Å²) in [7, 11) is 2.15. The van der Waals surface area contributed by atoms with Crippen LogP contribution >= 0.6 is 0 Å². The number of anilines is 1. The third-order valence-corrected chi connectivity index (χ3v) is 7.43. The van der Waals surface area contributed by atoms with Crippen molar-refractivity contribution in [3.63, 3.8) is 0 Å². The molecule has 2 aliphatic rings. The number of ether oxygens (including phenoxy) is 1. The van der Waals surface area contributed by atoms with Gasteiger partial charge in [0.2, 0.25) is 5.91 Å². The van der Waals surface area contributed by atoms with E-state index in [2.05, 4.69) is 39.7 Å². The molecule has 4 rings (SSSR count). The van der Waals surface area contributed by atoms with E-state index < -0.39 is 0 Å². The molecule has 11 nitrogen and oxygen atoms in total. The predicted octanol–water partition coefficient (Wildman–Crippen LogP) is 2.04. The molecule has 1 aliphatic heterocycles. The fraction of sp³-hybridized carbons (Fsp3) is 0.654. The number of aromatic nitrogens is 4. The average molecular weight is 514 g/mol. The third-order valence-electron chi connectivity index (χ3n) is 7.43. The van der Waals surface area contributed by atoms with Crippen LogP contribution in [0.4, 0.5) is 5.69 Å². The van der Waals surface area contributed by atoms with Gasteiger partial charge in [-0.05, 0) is 61.4 Å². The van der Waals surface area contributed by atoms with Crippen LogP contribution in [-0.4, -0.2) is 92.4 Å². The van der Waals surface area contributed by atoms with Crippen molar-refractivity contribution in [1.29, 1.82) is 0 Å². The number of hydrogen-bond donors (Lipinski definition) is 2. The van der Waals surface area contributed by atoms with Gasteiger partial charge >= 0.3 is 0 Å². The lowest BCUT2D eigenvalue weighted by Gasteiger charge is -2.38. The SMILES string of the molecule is C[C@H]1CN([C@@H](C)CO)C(=O)c2cc(NC(=O)Cn3cnnn3)ccc2O[C@@H]1CN(C)CC1CCCCC1. The van der Waals surface area contributed by atoms with Crippen LogP contribution in [0, 0.1) is 11.8 Å². The quantitative estimate of drug-likeness (QED) is 0.522. The molecule has 2 N–H and O–H groups in total. The van der Waals surface area contributed by atoms with Crippen LogP contribution in [-0.2, 0) is 11.3 Å². The van der Waals surface area contributed by atoms with Crippen molar-refractivity contribution >= 4 is 17.5 Å². The van der Waals surface area contributed by atoms with Gasteiger partial charge in [0.15, 0.2) is 0 Å². The highest BCUT2D eigenvalue weighted by Crippen LogP contribution is 2.31. The third kappa shape index (κ3) is 7.04. The molecular formula is C26H39N7O4. The first-order valence-corrected chi connectivity index (χ1v) is 13.3. The van der Waals surface area contributed by atoms with Gasteiger partial charge in [0.1, 0.15) is 24.7 Å². The minimum absolute atomic E-state index is 0.0465. The van der Waals surface area contributed by atoms with Gasteiger partial charge in [0.05, 0.1) is 18.2 Å². The van der Waals surface area contributed by atoms with Crippen molar-refractivity contribution in [3.8, 4) is 5.75 Å². The zero-order valence-electron chi connectivity index (χ0n) is 22.0. The molecule has 0 saturated heterocycles. The van der Waals surface area contributed by atoms with Gasteiger partial charge in [-0.1, -0.05) is 26.2 Å². The molecule has 2 heterocycles. The Hall–Kier alpha value is -3.05. The smallest absolute Gasteiger partial charge is 0.258 e. The molecular weight excluding hydrogens is 474 g/mol. The average Bonchev–Trinajstić information content (AvgIpc) is 3.39. The van der Waals surface area contributed by atoms with Crippen molar-refractivity contribution in [2.75, 3.05) is 38.6 Å². The minimum Gasteiger partial charge on any atom is -0.488 e. The van der Waals surface area contributed by atoms with Crippen molar-refractivity contribution < 1.29 is 19.4 Å². The second kappa shape index (κ2) is 12.5. The van der Waals surface area contributed by atoms with Gasteiger partial charge in [0, 0.05) is 31.2 Å². The maximum Gasteiger partial charge on any atom is 0.258 e. The Balaban J connectivity index is 1.53. The summed E-state index contributed by atoms with van der Waals surface area (Å²) in [6.45, 7) is 6.02. The van der Waals surface area contributed by atoms with E-state index in [0.29, 0.717) is 23.5 Å². The number of nitrogens with one attached hydrogen (secondary N) is 1. The fourth-order valence-electron chi connectivity index (χ4n) is 5.31. The monoisotopic (exact) mass is 513 g/mol. The summed E-state index contributed by atoms with van der Waals surface area (Å²) in [4.78, 5) is 30.1. The van der Waals surface area contributed by atoms with Gasteiger partial charge < -0.3 is 25.0 Å². The van der Waals surface area contributed by atoms with Crippen LogP contribution in [0.25, 0.3) is 0 Å². The lowest BCUT2D eigenvalue weighted by molar-refractivity contribution is -0.116. The number of rotatable bonds is 9. The van der Waals surface area contributed by atoms with E-state index in [0.717, 1.165) is 19.0 Å². The van der Waals surface area contributed by atoms with Crippen LogP contribution < -0.4 is 10.1 Å². The summed E-state index contributed by atoms with van der Waals surface area (Å²) in [6.07, 6.45) is 7.76. The summed E-state index contributed by atoms with van der Waals surface area (Å²) >= 11 is 0. The van der Waals surface area contributed by atoms with Crippen LogP contribution in [0.5, 0.6) is 5.75 Å². The molecule has 1 aromatic carbocycles. The van der Waals surface area contributed by atoms with Crippen molar-refractivity contribution in [2.24, 2.45) is 11.8 Å². The Morgan fingerprint density at radius 1 is 1.27 bits per heavy atom. The number of likely N-dealkylation sites (N-methyl/N-ethyl adjacent to an activating group) is 1. The molecule has 0 unspecified atom stereocenters. The second-order valence-corrected chi connectivity index (χ2v) is 10.6. The molecule has 1 fully saturated rings. The number of aliphatic hydroxyl groups is 1. The normalized spacial score (nSPS) is 21.6. The Bertz CT molecular complexity index is 1040. The summed E-state index contributed by atoms with van der Waals surface area (Å²) in [5, 5.41) is 23.4. The van der Waals surface area contributed by atoms with E-state index in [9.17, 15) is 14.7 Å². The molecule has 0 bridgehead atoms. The zero-order valence-corrected chi connectivity index (χ0v) is 22.0. The molecule has 1 saturated carbocycles. The number of carbonyl (C=O) groups excluding carboxylic acids is 2. The number of fused-ring (bicyclic) bond motifs is 1. The number of amides is 2. The van der Waals surface area contributed by atoms with E-state index in [1.807, 2.05) is 6.92 Å². The Morgan fingerprint density at radius 2 is 2.05 bits per heavy atom. The second-order valence-electron chi connectivity index (χ2n) is 10.6. The highest BCUT2D eigenvalue weighted by atomic mass is 16.5. The van der Waals surface area contributed by atoms with Crippen LogP contribution in [0.2, 0.25) is 0 Å². The fourth-order valence-corrected chi connectivity index (χ4v) is 5.31. The van der Waals surface area contributed by atoms with Crippen LogP contribution in [0.15, 0.2) is 24.5 Å². The molecule has 11 heteroatoms. The number of hydrogen-bond acceptors (Lipinski definition) is 8. The maximum absolute atomic E-state index is 13.6. The lowest BCUT2D eigenvalue weighted by atomic mass is 9.89. The van der Waals surface area contributed by atoms with E-state index in [1.165, 1.54) is 43.1 Å². The molecule has 2 aromatic rings. The molecule has 202 valence electrons. The number of carbonyl (C=O) groups is 2. The zero-order chi connectivity index (χ0) is 26.4. The first-order chi connectivity index (χ1) is 17.8. The molecule has 1 aromatic heterocycles. The Kier molecular flexibility index (Phi) is 9.09. The van der Waals surface area contributed by atoms with Crippen molar-refractivity contribution in [2.45, 2.75) is 64.6 Å². The Morgan fingerprint density at radius 3 is 2.76 bits per heavy atom. The molecule has 37 heavy (non-hydrogen) atoms. The number of aliphatic hydroxyl groups excluding tert-OH is 1. The highest BCUT2D eigenvalue weighted by molar-refractivity contribution is 5.99. The van der Waals surface area contributed by atoms with Crippen LogP contribution in [0.3, 0.4) is 0 Å². The standard InChI is InChI=1S/C26H39N7O4/c1-18-12-33(19(2)16-34)26(36)22-11-21(28-25(35)15-32-17-27-29-30-32)9-10-23(22)37-24(18)14-31(3)13-20-7-5-4-6-8-20/h9-11,17-20,24,34H,4-8,12-16H2,1-3H3,(H,28,35)/t18-,19-,24+/m0/s1. The number of nitrogens with zero attached hydrogens (tertiary/aromatic N) is 6. The van der Waals surface area contributed by atoms with E-state index >= 15 is 0 Å². The van der Waals surface area contributed by atoms with E-state index in [4.69, 9.17) is 4.74 Å². The summed E-state index contributed by atoms with van der Waals surface area (Å²) in [5.41, 5.74) is 0.845. The van der Waals surface area contributed by atoms with Gasteiger partial charge in [-0.3, -0.25) is 9.59 Å². The molecule has 0 radical (unpaired) electrons. The first-order valence-electron chi connectivity index (χ1n) is 13.3. The minimum atomic E-state index is -0.348. The Labute approximate surface area is 218 Å². The molecule has 0 spiro atoms. The predicted molar refractivity (Wildman–Crippen MR) is 138 cm³/mol. The number of benzene rings is 1. The summed E-state index contributed by atoms with van der Waals surface area (Å²) in [6, 6.07) is 4.77. The first kappa shape index (κ1) is 27.0. The lowest BCUT2D eigenvalue weighted by Crippen LogP contribution is -2.50. The summed E-state index contributed by atoms with van der Waals surface area (Å²) < 4.78 is 7.81. The van der Waals surface area contributed by atoms with Crippen molar-refractivity contribution in [1.82, 2.24) is 30.0 Å². The van der Waals surface area contributed by atoms with Crippen molar-refractivity contribution in [3.05, 3.63) is 30.1 Å². The van der Waals surface area contributed by atoms with E-state index in [-0.39, 0.29) is 43.0 Å². The van der Waals surface area contributed by atoms with Crippen LogP contribution in [0.1, 0.15) is 56.3 Å². The van der Waals surface area contributed by atoms with Gasteiger partial charge in [-0.15, -0.1) is 5.10 Å². The largest absolute Gasteiger partial charge is 0.488 e. The van der Waals surface area contributed by atoms with Gasteiger partial charge in [-0.25, -0.2) is 4.68 Å². The van der Waals surface area contributed by atoms with Gasteiger partial charge in [-0.2, -0.15) is 0 Å². The maximum atomic E-state index is 13.6. The molecule has 1 aliphatic carbocycles. The summed E-state index contributed by atoms with van der Waals surface area (Å²) in [5.74, 6) is 0.732. The van der Waals surface area contributed by atoms with E-state index in [1.54, 1.807) is 23.1 Å². The molecule has 3 atom stereocenters.